The summed E-state index contributed by atoms with van der Waals surface area (Å²) in [5.41, 5.74) is 2.97. The number of nitrogens with zero attached hydrogens (tertiary/aromatic N) is 5. The van der Waals surface area contributed by atoms with Gasteiger partial charge < -0.3 is 4.90 Å². The molecule has 0 N–H and O–H groups in total. The van der Waals surface area contributed by atoms with E-state index < -0.39 is 0 Å². The number of hydrogen-bond donors (Lipinski definition) is 0. The first-order valence-electron chi connectivity index (χ1n) is 6.08. The van der Waals surface area contributed by atoms with Crippen LogP contribution in [0.25, 0.3) is 11.2 Å². The third-order valence-corrected chi connectivity index (χ3v) is 3.50. The van der Waals surface area contributed by atoms with Gasteiger partial charge in [-0.05, 0) is 26.4 Å². The van der Waals surface area contributed by atoms with E-state index in [2.05, 4.69) is 27.0 Å². The van der Waals surface area contributed by atoms with Crippen LogP contribution in [0.1, 0.15) is 24.5 Å². The zero-order valence-corrected chi connectivity index (χ0v) is 10.3. The number of fused-ring (bicyclic) bond motifs is 1. The fourth-order valence-electron chi connectivity index (χ4n) is 2.67. The van der Waals surface area contributed by atoms with Crippen LogP contribution in [0.5, 0.6) is 0 Å². The number of piperidine rings is 1. The standard InChI is InChI=1S/C12H17N5/c1-16-7-3-4-9(8-16)10-11-12(17(2)15-10)14-6-5-13-11/h5-6,9H,3-4,7-8H2,1-2H3/t9-/m0/s1. The molecular formula is C12H17N5. The summed E-state index contributed by atoms with van der Waals surface area (Å²) in [5.74, 6) is 0.495. The van der Waals surface area contributed by atoms with Crippen molar-refractivity contribution in [3.8, 4) is 0 Å². The zero-order chi connectivity index (χ0) is 11.8. The molecule has 0 aromatic carbocycles. The Hall–Kier alpha value is -1.49. The van der Waals surface area contributed by atoms with Crippen molar-refractivity contribution in [2.75, 3.05) is 20.1 Å². The maximum Gasteiger partial charge on any atom is 0.176 e. The molecule has 3 rings (SSSR count). The van der Waals surface area contributed by atoms with E-state index >= 15 is 0 Å². The lowest BCUT2D eigenvalue weighted by atomic mass is 9.95. The molecule has 90 valence electrons. The molecule has 5 nitrogen and oxygen atoms in total. The van der Waals surface area contributed by atoms with E-state index in [-0.39, 0.29) is 0 Å². The maximum atomic E-state index is 4.61. The molecule has 0 amide bonds. The molecule has 0 bridgehead atoms. The Kier molecular flexibility index (Phi) is 2.55. The second kappa shape index (κ2) is 4.07. The van der Waals surface area contributed by atoms with Crippen LogP contribution in [0, 0.1) is 0 Å². The quantitative estimate of drug-likeness (QED) is 0.739. The molecule has 2 aromatic rings. The van der Waals surface area contributed by atoms with Gasteiger partial charge in [0.1, 0.15) is 5.52 Å². The van der Waals surface area contributed by atoms with Crippen molar-refractivity contribution in [3.05, 3.63) is 18.1 Å². The number of likely N-dealkylation sites (tertiary alicyclic amines) is 1. The van der Waals surface area contributed by atoms with Gasteiger partial charge in [0, 0.05) is 31.9 Å². The lowest BCUT2D eigenvalue weighted by Crippen LogP contribution is -2.31. The summed E-state index contributed by atoms with van der Waals surface area (Å²) in [5, 5.41) is 4.61. The molecule has 1 fully saturated rings. The van der Waals surface area contributed by atoms with E-state index in [1.807, 2.05) is 11.7 Å². The number of rotatable bonds is 1. The van der Waals surface area contributed by atoms with Crippen molar-refractivity contribution >= 4 is 11.2 Å². The van der Waals surface area contributed by atoms with Gasteiger partial charge in [0.25, 0.3) is 0 Å². The lowest BCUT2D eigenvalue weighted by molar-refractivity contribution is 0.248. The van der Waals surface area contributed by atoms with Gasteiger partial charge in [-0.2, -0.15) is 5.10 Å². The predicted molar refractivity (Wildman–Crippen MR) is 65.8 cm³/mol. The van der Waals surface area contributed by atoms with E-state index in [0.717, 1.165) is 23.4 Å². The molecule has 1 saturated heterocycles. The Morgan fingerprint density at radius 2 is 2.06 bits per heavy atom. The van der Waals surface area contributed by atoms with Crippen molar-refractivity contribution < 1.29 is 0 Å². The Morgan fingerprint density at radius 3 is 2.88 bits per heavy atom. The Morgan fingerprint density at radius 1 is 1.24 bits per heavy atom. The van der Waals surface area contributed by atoms with Gasteiger partial charge in [-0.3, -0.25) is 0 Å². The van der Waals surface area contributed by atoms with Gasteiger partial charge in [0.2, 0.25) is 0 Å². The second-order valence-electron chi connectivity index (χ2n) is 4.84. The molecule has 5 heteroatoms. The first kappa shape index (κ1) is 10.7. The summed E-state index contributed by atoms with van der Waals surface area (Å²) in [4.78, 5) is 11.1. The number of hydrogen-bond acceptors (Lipinski definition) is 4. The maximum absolute atomic E-state index is 4.61. The summed E-state index contributed by atoms with van der Waals surface area (Å²) in [7, 11) is 4.11. The molecule has 3 heterocycles. The van der Waals surface area contributed by atoms with E-state index in [4.69, 9.17) is 0 Å². The highest BCUT2D eigenvalue weighted by molar-refractivity contribution is 5.73. The normalized spacial score (nSPS) is 22.1. The molecule has 0 spiro atoms. The minimum Gasteiger partial charge on any atom is -0.306 e. The third kappa shape index (κ3) is 1.80. The van der Waals surface area contributed by atoms with Crippen LogP contribution in [0.3, 0.4) is 0 Å². The molecule has 0 saturated carbocycles. The Bertz CT molecular complexity index is 533. The Balaban J connectivity index is 2.05. The molecule has 1 aliphatic heterocycles. The molecule has 1 atom stereocenters. The third-order valence-electron chi connectivity index (χ3n) is 3.50. The van der Waals surface area contributed by atoms with Crippen LogP contribution >= 0.6 is 0 Å². The fraction of sp³-hybridized carbons (Fsp3) is 0.583. The summed E-state index contributed by atoms with van der Waals surface area (Å²) >= 11 is 0. The van der Waals surface area contributed by atoms with Crippen molar-refractivity contribution in [3.63, 3.8) is 0 Å². The summed E-state index contributed by atoms with van der Waals surface area (Å²) in [6.45, 7) is 2.26. The van der Waals surface area contributed by atoms with Gasteiger partial charge >= 0.3 is 0 Å². The van der Waals surface area contributed by atoms with Crippen LogP contribution in [0.2, 0.25) is 0 Å². The van der Waals surface area contributed by atoms with Crippen molar-refractivity contribution in [2.45, 2.75) is 18.8 Å². The topological polar surface area (TPSA) is 46.8 Å². The van der Waals surface area contributed by atoms with Crippen LogP contribution < -0.4 is 0 Å². The first-order valence-corrected chi connectivity index (χ1v) is 6.08. The van der Waals surface area contributed by atoms with Crippen molar-refractivity contribution in [1.29, 1.82) is 0 Å². The molecule has 17 heavy (non-hydrogen) atoms. The molecule has 0 unspecified atom stereocenters. The van der Waals surface area contributed by atoms with Crippen molar-refractivity contribution in [1.82, 2.24) is 24.6 Å². The van der Waals surface area contributed by atoms with Crippen molar-refractivity contribution in [2.24, 2.45) is 7.05 Å². The highest BCUT2D eigenvalue weighted by atomic mass is 15.3. The fourth-order valence-corrected chi connectivity index (χ4v) is 2.67. The van der Waals surface area contributed by atoms with Crippen LogP contribution in [0.4, 0.5) is 0 Å². The smallest absolute Gasteiger partial charge is 0.176 e. The first-order chi connectivity index (χ1) is 8.25. The highest BCUT2D eigenvalue weighted by Gasteiger charge is 2.24. The predicted octanol–water partition coefficient (Wildman–Crippen LogP) is 1.17. The second-order valence-corrected chi connectivity index (χ2v) is 4.84. The minimum atomic E-state index is 0.495. The van der Waals surface area contributed by atoms with E-state index in [1.54, 1.807) is 12.4 Å². The Labute approximate surface area is 100 Å². The molecule has 0 aliphatic carbocycles. The highest BCUT2D eigenvalue weighted by Crippen LogP contribution is 2.28. The molecule has 0 radical (unpaired) electrons. The summed E-state index contributed by atoms with van der Waals surface area (Å²) in [6.07, 6.45) is 5.91. The minimum absolute atomic E-state index is 0.495. The molecular weight excluding hydrogens is 214 g/mol. The van der Waals surface area contributed by atoms with E-state index in [0.29, 0.717) is 5.92 Å². The van der Waals surface area contributed by atoms with Gasteiger partial charge in [-0.15, -0.1) is 0 Å². The number of likely N-dealkylation sites (N-methyl/N-ethyl adjacent to an activating group) is 1. The average molecular weight is 231 g/mol. The van der Waals surface area contributed by atoms with E-state index in [1.165, 1.54) is 19.4 Å². The SMILES string of the molecule is CN1CCC[C@H](c2nn(C)c3nccnc23)C1. The molecule has 1 aliphatic rings. The van der Waals surface area contributed by atoms with Crippen LogP contribution in [-0.2, 0) is 7.05 Å². The lowest BCUT2D eigenvalue weighted by Gasteiger charge is -2.28. The van der Waals surface area contributed by atoms with E-state index in [9.17, 15) is 0 Å². The largest absolute Gasteiger partial charge is 0.306 e. The summed E-state index contributed by atoms with van der Waals surface area (Å²) < 4.78 is 1.84. The van der Waals surface area contributed by atoms with Gasteiger partial charge in [-0.1, -0.05) is 0 Å². The molecule has 2 aromatic heterocycles. The van der Waals surface area contributed by atoms with Gasteiger partial charge in [0.05, 0.1) is 5.69 Å². The van der Waals surface area contributed by atoms with Gasteiger partial charge in [-0.25, -0.2) is 14.6 Å². The van der Waals surface area contributed by atoms with Gasteiger partial charge in [0.15, 0.2) is 5.65 Å². The van der Waals surface area contributed by atoms with Crippen LogP contribution in [0.15, 0.2) is 12.4 Å². The summed E-state index contributed by atoms with van der Waals surface area (Å²) in [6, 6.07) is 0. The number of aromatic nitrogens is 4. The van der Waals surface area contributed by atoms with Crippen LogP contribution in [-0.4, -0.2) is 44.8 Å². The number of aryl methyl sites for hydroxylation is 1. The zero-order valence-electron chi connectivity index (χ0n) is 10.3. The average Bonchev–Trinajstić information content (AvgIpc) is 2.68. The monoisotopic (exact) mass is 231 g/mol.